The zero-order valence-corrected chi connectivity index (χ0v) is 15.4. The summed E-state index contributed by atoms with van der Waals surface area (Å²) in [5, 5.41) is 1.84. The van der Waals surface area contributed by atoms with Gasteiger partial charge in [-0.3, -0.25) is 0 Å². The Labute approximate surface area is 143 Å². The molecular weight excluding hydrogens is 280 g/mol. The quantitative estimate of drug-likeness (QED) is 0.765. The van der Waals surface area contributed by atoms with Gasteiger partial charge in [0.05, 0.1) is 0 Å². The van der Waals surface area contributed by atoms with Gasteiger partial charge in [-0.05, 0) is 38.3 Å². The van der Waals surface area contributed by atoms with Crippen molar-refractivity contribution in [2.24, 2.45) is 11.3 Å². The molecule has 0 spiro atoms. The molecule has 2 aliphatic rings. The van der Waals surface area contributed by atoms with Crippen LogP contribution < -0.4 is 10.2 Å². The van der Waals surface area contributed by atoms with Gasteiger partial charge in [0.1, 0.15) is 6.17 Å². The van der Waals surface area contributed by atoms with Crippen molar-refractivity contribution in [3.05, 3.63) is 41.2 Å². The van der Waals surface area contributed by atoms with Crippen LogP contribution in [-0.4, -0.2) is 6.17 Å². The van der Waals surface area contributed by atoms with Crippen LogP contribution in [0.2, 0.25) is 1.41 Å². The molecule has 1 aliphatic carbocycles. The molecule has 1 fully saturated rings. The zero-order chi connectivity index (χ0) is 17.5. The first-order valence-electron chi connectivity index (χ1n) is 9.61. The standard InChI is InChI=1S/C21H32N2/c1-15-11-9-10-14-18(15)23-16(2)19(17-12-7-6-8-13-17)22-20(23)21(3,4)5/h9-11,14,17,20,22H,6-8,12-13H2,1-5H3/i/hD. The lowest BCUT2D eigenvalue weighted by Crippen LogP contribution is -2.47. The summed E-state index contributed by atoms with van der Waals surface area (Å²) in [7, 11) is 0. The van der Waals surface area contributed by atoms with Gasteiger partial charge in [-0.2, -0.15) is 0 Å². The molecule has 2 heteroatoms. The lowest BCUT2D eigenvalue weighted by atomic mass is 9.86. The maximum atomic E-state index is 8.95. The maximum Gasteiger partial charge on any atom is 0.162 e. The molecule has 1 unspecified atom stereocenters. The summed E-state index contributed by atoms with van der Waals surface area (Å²) in [4.78, 5) is 2.42. The van der Waals surface area contributed by atoms with E-state index in [4.69, 9.17) is 1.41 Å². The number of hydrogen-bond donors (Lipinski definition) is 1. The molecule has 126 valence electrons. The van der Waals surface area contributed by atoms with Crippen LogP contribution in [0, 0.1) is 18.3 Å². The highest BCUT2D eigenvalue weighted by Gasteiger charge is 2.40. The lowest BCUT2D eigenvalue weighted by Gasteiger charge is -2.38. The monoisotopic (exact) mass is 313 g/mol. The van der Waals surface area contributed by atoms with Gasteiger partial charge < -0.3 is 10.2 Å². The summed E-state index contributed by atoms with van der Waals surface area (Å²) in [5.74, 6) is 0.551. The number of para-hydroxylation sites is 1. The third kappa shape index (κ3) is 3.13. The van der Waals surface area contributed by atoms with Gasteiger partial charge in [-0.15, -0.1) is 0 Å². The topological polar surface area (TPSA) is 15.3 Å². The van der Waals surface area contributed by atoms with Crippen LogP contribution in [0.1, 0.15) is 65.4 Å². The molecule has 3 rings (SSSR count). The Balaban J connectivity index is 2.08. The summed E-state index contributed by atoms with van der Waals surface area (Å²) in [6.07, 6.45) is 6.49. The Hall–Kier alpha value is -1.44. The number of anilines is 1. The van der Waals surface area contributed by atoms with Gasteiger partial charge in [0.2, 0.25) is 0 Å². The number of benzene rings is 1. The number of nitrogens with zero attached hydrogens (tertiary/aromatic N) is 1. The van der Waals surface area contributed by atoms with Crippen LogP contribution in [0.3, 0.4) is 0 Å². The van der Waals surface area contributed by atoms with E-state index in [0.717, 1.165) is 0 Å². The third-order valence-corrected chi connectivity index (χ3v) is 5.38. The van der Waals surface area contributed by atoms with Crippen molar-refractivity contribution in [2.75, 3.05) is 4.90 Å². The molecule has 1 N–H and O–H groups in total. The minimum absolute atomic E-state index is 0.00169. The molecule has 0 amide bonds. The molecule has 1 aliphatic heterocycles. The van der Waals surface area contributed by atoms with Crippen LogP contribution in [0.15, 0.2) is 35.7 Å². The third-order valence-electron chi connectivity index (χ3n) is 5.38. The van der Waals surface area contributed by atoms with E-state index in [9.17, 15) is 0 Å². The van der Waals surface area contributed by atoms with Crippen LogP contribution in [-0.2, 0) is 0 Å². The molecule has 0 saturated heterocycles. The summed E-state index contributed by atoms with van der Waals surface area (Å²) in [5.41, 5.74) is 5.08. The molecule has 0 bridgehead atoms. The fraction of sp³-hybridized carbons (Fsp3) is 0.619. The Morgan fingerprint density at radius 2 is 1.74 bits per heavy atom. The van der Waals surface area contributed by atoms with Gasteiger partial charge >= 0.3 is 0 Å². The molecule has 2 nitrogen and oxygen atoms in total. The summed E-state index contributed by atoms with van der Waals surface area (Å²) >= 11 is 0. The average Bonchev–Trinajstić information content (AvgIpc) is 2.79. The minimum Gasteiger partial charge on any atom is -0.366 e. The van der Waals surface area contributed by atoms with Crippen molar-refractivity contribution in [1.82, 2.24) is 5.31 Å². The van der Waals surface area contributed by atoms with Crippen LogP contribution in [0.25, 0.3) is 0 Å². The smallest absolute Gasteiger partial charge is 0.162 e. The van der Waals surface area contributed by atoms with Crippen molar-refractivity contribution < 1.29 is 1.41 Å². The highest BCUT2D eigenvalue weighted by atomic mass is 15.3. The van der Waals surface area contributed by atoms with E-state index in [1.54, 1.807) is 0 Å². The molecule has 0 aromatic heterocycles. The van der Waals surface area contributed by atoms with E-state index in [-0.39, 0.29) is 11.6 Å². The van der Waals surface area contributed by atoms with Crippen LogP contribution in [0.4, 0.5) is 5.69 Å². The van der Waals surface area contributed by atoms with Gasteiger partial charge in [0, 0.05) is 28.4 Å². The predicted octanol–water partition coefficient (Wildman–Crippen LogP) is 5.59. The second-order valence-corrected chi connectivity index (χ2v) is 8.33. The van der Waals surface area contributed by atoms with Crippen molar-refractivity contribution in [3.8, 4) is 0 Å². The molecule has 1 saturated carbocycles. The second-order valence-electron chi connectivity index (χ2n) is 8.33. The molecule has 1 aromatic carbocycles. The van der Waals surface area contributed by atoms with Gasteiger partial charge in [-0.25, -0.2) is 0 Å². The van der Waals surface area contributed by atoms with E-state index >= 15 is 0 Å². The van der Waals surface area contributed by atoms with Crippen molar-refractivity contribution in [1.29, 1.82) is 0 Å². The Morgan fingerprint density at radius 1 is 1.09 bits per heavy atom. The molecule has 1 heterocycles. The SMILES string of the molecule is [2H]N1C(C2CCCCC2)=C(C)N(c2ccccc2C)C1C(C)(C)C. The number of nitrogens with one attached hydrogen (secondary N) is 1. The van der Waals surface area contributed by atoms with E-state index in [1.165, 1.54) is 54.7 Å². The first-order chi connectivity index (χ1) is 11.3. The lowest BCUT2D eigenvalue weighted by molar-refractivity contribution is 0.285. The molecule has 1 atom stereocenters. The predicted molar refractivity (Wildman–Crippen MR) is 99.3 cm³/mol. The molecule has 23 heavy (non-hydrogen) atoms. The maximum absolute atomic E-state index is 8.95. The highest BCUT2D eigenvalue weighted by molar-refractivity contribution is 5.61. The van der Waals surface area contributed by atoms with E-state index in [2.05, 4.69) is 63.8 Å². The molecule has 1 aromatic rings. The molecule has 0 radical (unpaired) electrons. The Morgan fingerprint density at radius 3 is 2.35 bits per heavy atom. The van der Waals surface area contributed by atoms with Crippen LogP contribution in [0.5, 0.6) is 0 Å². The molecular formula is C21H32N2. The average molecular weight is 314 g/mol. The number of aryl methyl sites for hydroxylation is 1. The van der Waals surface area contributed by atoms with Crippen molar-refractivity contribution in [3.63, 3.8) is 0 Å². The highest BCUT2D eigenvalue weighted by Crippen LogP contribution is 2.41. The van der Waals surface area contributed by atoms with Crippen molar-refractivity contribution in [2.45, 2.75) is 72.9 Å². The Bertz CT molecular complexity index is 623. The largest absolute Gasteiger partial charge is 0.366 e. The normalized spacial score (nSPS) is 24.4. The fourth-order valence-corrected chi connectivity index (χ4v) is 4.09. The minimum atomic E-state index is 0.00169. The first-order valence-corrected chi connectivity index (χ1v) is 9.16. The van der Waals surface area contributed by atoms with Gasteiger partial charge in [-0.1, -0.05) is 58.2 Å². The number of rotatable bonds is 2. The van der Waals surface area contributed by atoms with Gasteiger partial charge in [0.15, 0.2) is 1.41 Å². The Kier molecular flexibility index (Phi) is 4.09. The summed E-state index contributed by atoms with van der Waals surface area (Å²) in [6.45, 7) is 11.2. The number of allylic oxidation sites excluding steroid dienone is 2. The summed E-state index contributed by atoms with van der Waals surface area (Å²) < 4.78 is 8.95. The zero-order valence-electron chi connectivity index (χ0n) is 16.4. The van der Waals surface area contributed by atoms with Crippen LogP contribution >= 0.6 is 0 Å². The fourth-order valence-electron chi connectivity index (χ4n) is 4.09. The number of hydrogen-bond acceptors (Lipinski definition) is 2. The second kappa shape index (κ2) is 6.22. The van der Waals surface area contributed by atoms with E-state index in [1.807, 2.05) is 5.31 Å². The first kappa shape index (κ1) is 15.1. The summed E-state index contributed by atoms with van der Waals surface area (Å²) in [6, 6.07) is 8.59. The van der Waals surface area contributed by atoms with Crippen molar-refractivity contribution >= 4 is 5.69 Å². The van der Waals surface area contributed by atoms with Gasteiger partial charge in [0.25, 0.3) is 0 Å². The van der Waals surface area contributed by atoms with E-state index < -0.39 is 0 Å². The van der Waals surface area contributed by atoms with E-state index in [0.29, 0.717) is 5.92 Å².